The SMILES string of the molecule is C1=c2c3ccccc3n3c2c(c2c4ccccc4c4c(c5ccccc5n4-c4nc(-c5ccc(-c6ccccc6)cc5)c5ccccc5n4)c23)CC1. The lowest BCUT2D eigenvalue weighted by molar-refractivity contribution is 1.02. The number of para-hydroxylation sites is 3. The highest BCUT2D eigenvalue weighted by atomic mass is 15.2. The van der Waals surface area contributed by atoms with Gasteiger partial charge in [-0.15, -0.1) is 0 Å². The van der Waals surface area contributed by atoms with Crippen LogP contribution in [0.2, 0.25) is 0 Å². The number of nitrogens with zero attached hydrogens (tertiary/aromatic N) is 4. The molecule has 0 bridgehead atoms. The van der Waals surface area contributed by atoms with Crippen LogP contribution < -0.4 is 5.22 Å². The molecule has 0 saturated carbocycles. The number of benzene rings is 7. The molecule has 7 aromatic carbocycles. The van der Waals surface area contributed by atoms with Gasteiger partial charge in [0.25, 0.3) is 0 Å². The molecule has 0 saturated heterocycles. The van der Waals surface area contributed by atoms with E-state index < -0.39 is 0 Å². The maximum atomic E-state index is 5.49. The minimum atomic E-state index is 0.676. The topological polar surface area (TPSA) is 35.1 Å². The molecule has 0 atom stereocenters. The Morgan fingerprint density at radius 2 is 1.08 bits per heavy atom. The Balaban J connectivity index is 1.24. The third-order valence-corrected chi connectivity index (χ3v) is 11.3. The lowest BCUT2D eigenvalue weighted by Gasteiger charge is -2.14. The lowest BCUT2D eigenvalue weighted by atomic mass is 9.94. The molecular formula is C48H30N4. The molecular weight excluding hydrogens is 633 g/mol. The normalized spacial score (nSPS) is 13.0. The summed E-state index contributed by atoms with van der Waals surface area (Å²) in [6.07, 6.45) is 4.53. The predicted octanol–water partition coefficient (Wildman–Crippen LogP) is 11.2. The van der Waals surface area contributed by atoms with Crippen LogP contribution in [0.25, 0.3) is 105 Å². The van der Waals surface area contributed by atoms with Crippen molar-refractivity contribution in [1.82, 2.24) is 18.9 Å². The fraction of sp³-hybridized carbons (Fsp3) is 0.0417. The minimum Gasteiger partial charge on any atom is -0.308 e. The van der Waals surface area contributed by atoms with Crippen LogP contribution >= 0.6 is 0 Å². The van der Waals surface area contributed by atoms with E-state index >= 15 is 0 Å². The predicted molar refractivity (Wildman–Crippen MR) is 216 cm³/mol. The number of fused-ring (bicyclic) bond motifs is 14. The van der Waals surface area contributed by atoms with Crippen molar-refractivity contribution >= 4 is 76.9 Å². The first kappa shape index (κ1) is 28.0. The Morgan fingerprint density at radius 3 is 1.90 bits per heavy atom. The molecule has 0 unspecified atom stereocenters. The van der Waals surface area contributed by atoms with Gasteiger partial charge in [-0.2, -0.15) is 0 Å². The van der Waals surface area contributed by atoms with Gasteiger partial charge in [0.1, 0.15) is 0 Å². The molecule has 242 valence electrons. The average Bonchev–Trinajstić information content (AvgIpc) is 3.87. The Bertz CT molecular complexity index is 3330. The molecule has 0 N–H and O–H groups in total. The van der Waals surface area contributed by atoms with Crippen molar-refractivity contribution in [3.8, 4) is 28.3 Å². The summed E-state index contributed by atoms with van der Waals surface area (Å²) in [7, 11) is 0. The Labute approximate surface area is 298 Å². The first-order valence-electron chi connectivity index (χ1n) is 18.1. The summed E-state index contributed by atoms with van der Waals surface area (Å²) < 4.78 is 4.90. The van der Waals surface area contributed by atoms with Crippen LogP contribution in [-0.2, 0) is 6.42 Å². The Hall–Kier alpha value is -6.78. The molecule has 1 aliphatic rings. The molecule has 1 aliphatic carbocycles. The van der Waals surface area contributed by atoms with E-state index in [4.69, 9.17) is 9.97 Å². The number of hydrogen-bond donors (Lipinski definition) is 0. The molecule has 4 heterocycles. The number of aryl methyl sites for hydroxylation is 1. The fourth-order valence-electron chi connectivity index (χ4n) is 9.19. The van der Waals surface area contributed by atoms with Crippen molar-refractivity contribution < 1.29 is 0 Å². The van der Waals surface area contributed by atoms with Gasteiger partial charge in [-0.05, 0) is 53.1 Å². The second-order valence-corrected chi connectivity index (χ2v) is 14.0. The molecule has 52 heavy (non-hydrogen) atoms. The molecule has 0 spiro atoms. The molecule has 11 aromatic rings. The second kappa shape index (κ2) is 10.4. The van der Waals surface area contributed by atoms with E-state index in [1.165, 1.54) is 70.8 Å². The quantitative estimate of drug-likeness (QED) is 0.189. The van der Waals surface area contributed by atoms with E-state index in [1.54, 1.807) is 0 Å². The van der Waals surface area contributed by atoms with E-state index in [9.17, 15) is 0 Å². The molecule has 0 fully saturated rings. The van der Waals surface area contributed by atoms with Gasteiger partial charge in [0.15, 0.2) is 0 Å². The number of rotatable bonds is 3. The molecule has 4 nitrogen and oxygen atoms in total. The highest BCUT2D eigenvalue weighted by Gasteiger charge is 2.28. The summed E-state index contributed by atoms with van der Waals surface area (Å²) in [4.78, 5) is 10.8. The zero-order valence-corrected chi connectivity index (χ0v) is 28.2. The standard InChI is InChI=1S/C48H30N4/c1-2-13-29(14-3-1)30-25-27-31(28-26-30)44-36-18-6-9-22-39(36)49-48(50-44)52-41-24-11-8-19-37(41)43-46(52)35-17-5-4-16-33(35)42-38-21-12-20-34-32-15-7-10-23-40(32)51(45(34)38)47(42)43/h1-11,13-20,22-28H,12,21H2. The van der Waals surface area contributed by atoms with Crippen molar-refractivity contribution in [3.05, 3.63) is 162 Å². The zero-order valence-electron chi connectivity index (χ0n) is 28.2. The van der Waals surface area contributed by atoms with E-state index in [1.807, 2.05) is 0 Å². The molecule has 0 radical (unpaired) electrons. The zero-order chi connectivity index (χ0) is 33.9. The highest BCUT2D eigenvalue weighted by molar-refractivity contribution is 6.33. The van der Waals surface area contributed by atoms with E-state index in [0.29, 0.717) is 5.95 Å². The molecule has 0 aliphatic heterocycles. The van der Waals surface area contributed by atoms with Gasteiger partial charge in [-0.25, -0.2) is 9.97 Å². The largest absolute Gasteiger partial charge is 0.308 e. The van der Waals surface area contributed by atoms with Gasteiger partial charge in [0.2, 0.25) is 5.95 Å². The van der Waals surface area contributed by atoms with Crippen molar-refractivity contribution in [3.63, 3.8) is 0 Å². The summed E-state index contributed by atoms with van der Waals surface area (Å²) >= 11 is 0. The van der Waals surface area contributed by atoms with Gasteiger partial charge in [-0.1, -0.05) is 140 Å². The Kier molecular flexibility index (Phi) is 5.58. The van der Waals surface area contributed by atoms with Crippen molar-refractivity contribution in [2.45, 2.75) is 12.8 Å². The maximum absolute atomic E-state index is 5.49. The van der Waals surface area contributed by atoms with Gasteiger partial charge in [0, 0.05) is 43.1 Å². The van der Waals surface area contributed by atoms with Crippen LogP contribution in [0.15, 0.2) is 152 Å². The molecule has 4 aromatic heterocycles. The van der Waals surface area contributed by atoms with Gasteiger partial charge in [0.05, 0.1) is 38.8 Å². The highest BCUT2D eigenvalue weighted by Crippen LogP contribution is 2.46. The third kappa shape index (κ3) is 3.65. The smallest absolute Gasteiger partial charge is 0.235 e. The first-order chi connectivity index (χ1) is 25.8. The Morgan fingerprint density at radius 1 is 0.442 bits per heavy atom. The number of hydrogen-bond acceptors (Lipinski definition) is 2. The minimum absolute atomic E-state index is 0.676. The van der Waals surface area contributed by atoms with E-state index in [0.717, 1.165) is 46.0 Å². The van der Waals surface area contributed by atoms with Crippen LogP contribution in [0.4, 0.5) is 0 Å². The molecule has 4 heteroatoms. The van der Waals surface area contributed by atoms with Crippen LogP contribution in [-0.4, -0.2) is 18.9 Å². The van der Waals surface area contributed by atoms with Crippen LogP contribution in [0.5, 0.6) is 0 Å². The second-order valence-electron chi connectivity index (χ2n) is 14.0. The van der Waals surface area contributed by atoms with Gasteiger partial charge < -0.3 is 4.40 Å². The fourth-order valence-corrected chi connectivity index (χ4v) is 9.19. The lowest BCUT2D eigenvalue weighted by Crippen LogP contribution is -2.05. The summed E-state index contributed by atoms with van der Waals surface area (Å²) in [5.74, 6) is 0.676. The average molecular weight is 663 g/mol. The van der Waals surface area contributed by atoms with Gasteiger partial charge >= 0.3 is 0 Å². The summed E-state index contributed by atoms with van der Waals surface area (Å²) in [5, 5.41) is 10.1. The number of aromatic nitrogens is 4. The summed E-state index contributed by atoms with van der Waals surface area (Å²) in [6, 6.07) is 54.4. The van der Waals surface area contributed by atoms with Crippen molar-refractivity contribution in [1.29, 1.82) is 0 Å². The molecule has 12 rings (SSSR count). The summed E-state index contributed by atoms with van der Waals surface area (Å²) in [5.41, 5.74) is 12.9. The van der Waals surface area contributed by atoms with E-state index in [-0.39, 0.29) is 0 Å². The monoisotopic (exact) mass is 662 g/mol. The third-order valence-electron chi connectivity index (χ3n) is 11.3. The van der Waals surface area contributed by atoms with Gasteiger partial charge in [-0.3, -0.25) is 4.57 Å². The summed E-state index contributed by atoms with van der Waals surface area (Å²) in [6.45, 7) is 0. The maximum Gasteiger partial charge on any atom is 0.235 e. The van der Waals surface area contributed by atoms with Crippen molar-refractivity contribution in [2.24, 2.45) is 0 Å². The molecule has 0 amide bonds. The van der Waals surface area contributed by atoms with Crippen LogP contribution in [0.1, 0.15) is 12.0 Å². The van der Waals surface area contributed by atoms with Crippen LogP contribution in [0, 0.1) is 0 Å². The van der Waals surface area contributed by atoms with Crippen molar-refractivity contribution in [2.75, 3.05) is 0 Å². The van der Waals surface area contributed by atoms with Crippen LogP contribution in [0.3, 0.4) is 0 Å². The first-order valence-corrected chi connectivity index (χ1v) is 18.1. The van der Waals surface area contributed by atoms with E-state index in [2.05, 4.69) is 167 Å².